The van der Waals surface area contributed by atoms with Gasteiger partial charge in [0.05, 0.1) is 6.04 Å². The number of amides is 2. The molecule has 5 N–H and O–H groups in total. The zero-order chi connectivity index (χ0) is 12.5. The zero-order valence-electron chi connectivity index (χ0n) is 8.25. The Morgan fingerprint density at radius 1 is 1.56 bits per heavy atom. The SMILES string of the molecule is NC(=O)[C@@H](N)CC1C[C@H](C(F)(F)F)NC1=O. The van der Waals surface area contributed by atoms with E-state index >= 15 is 0 Å². The third-order valence-corrected chi connectivity index (χ3v) is 2.51. The van der Waals surface area contributed by atoms with Gasteiger partial charge in [-0.3, -0.25) is 9.59 Å². The summed E-state index contributed by atoms with van der Waals surface area (Å²) >= 11 is 0. The van der Waals surface area contributed by atoms with Crippen molar-refractivity contribution in [1.29, 1.82) is 0 Å². The lowest BCUT2D eigenvalue weighted by Gasteiger charge is -2.14. The van der Waals surface area contributed by atoms with E-state index in [1.54, 1.807) is 0 Å². The molecule has 0 aromatic rings. The third kappa shape index (κ3) is 2.84. The normalized spacial score (nSPS) is 27.6. The lowest BCUT2D eigenvalue weighted by atomic mass is 9.96. The first-order chi connectivity index (χ1) is 7.21. The van der Waals surface area contributed by atoms with E-state index in [2.05, 4.69) is 0 Å². The minimum absolute atomic E-state index is 0.159. The van der Waals surface area contributed by atoms with Crippen LogP contribution in [0.15, 0.2) is 0 Å². The number of alkyl halides is 3. The van der Waals surface area contributed by atoms with Crippen molar-refractivity contribution in [3.8, 4) is 0 Å². The van der Waals surface area contributed by atoms with Gasteiger partial charge in [-0.15, -0.1) is 0 Å². The van der Waals surface area contributed by atoms with Crippen LogP contribution in [0.5, 0.6) is 0 Å². The number of primary amides is 1. The summed E-state index contributed by atoms with van der Waals surface area (Å²) in [5.41, 5.74) is 10.1. The van der Waals surface area contributed by atoms with E-state index in [0.717, 1.165) is 0 Å². The van der Waals surface area contributed by atoms with Crippen LogP contribution in [0.1, 0.15) is 12.8 Å². The standard InChI is InChI=1S/C8H12F3N3O2/c9-8(10,11)5-2-3(7(16)14-5)1-4(12)6(13)15/h3-5H,1-2,12H2,(H2,13,15)(H,14,16)/t3?,4-,5+/m0/s1. The van der Waals surface area contributed by atoms with Gasteiger partial charge in [0, 0.05) is 5.92 Å². The van der Waals surface area contributed by atoms with Gasteiger partial charge in [0.2, 0.25) is 11.8 Å². The van der Waals surface area contributed by atoms with E-state index in [1.807, 2.05) is 5.32 Å². The van der Waals surface area contributed by atoms with Crippen LogP contribution in [0.2, 0.25) is 0 Å². The van der Waals surface area contributed by atoms with Gasteiger partial charge in [0.15, 0.2) is 0 Å². The van der Waals surface area contributed by atoms with E-state index in [-0.39, 0.29) is 6.42 Å². The molecule has 8 heteroatoms. The van der Waals surface area contributed by atoms with Gasteiger partial charge >= 0.3 is 6.18 Å². The number of carbonyl (C=O) groups excluding carboxylic acids is 2. The third-order valence-electron chi connectivity index (χ3n) is 2.51. The minimum atomic E-state index is -4.47. The van der Waals surface area contributed by atoms with E-state index in [1.165, 1.54) is 0 Å². The number of nitrogens with one attached hydrogen (secondary N) is 1. The Labute approximate surface area is 89.3 Å². The van der Waals surface area contributed by atoms with Crippen molar-refractivity contribution in [2.45, 2.75) is 31.1 Å². The highest BCUT2D eigenvalue weighted by atomic mass is 19.4. The number of hydrogen-bond acceptors (Lipinski definition) is 3. The Morgan fingerprint density at radius 3 is 2.50 bits per heavy atom. The molecule has 1 fully saturated rings. The van der Waals surface area contributed by atoms with E-state index in [9.17, 15) is 22.8 Å². The Morgan fingerprint density at radius 2 is 2.12 bits per heavy atom. The summed E-state index contributed by atoms with van der Waals surface area (Å²) in [5, 5.41) is 1.82. The van der Waals surface area contributed by atoms with Crippen molar-refractivity contribution in [3.63, 3.8) is 0 Å². The maximum Gasteiger partial charge on any atom is 0.408 e. The molecule has 2 amide bonds. The highest BCUT2D eigenvalue weighted by molar-refractivity contribution is 5.84. The van der Waals surface area contributed by atoms with Crippen molar-refractivity contribution < 1.29 is 22.8 Å². The molecule has 1 heterocycles. The predicted molar refractivity (Wildman–Crippen MR) is 47.9 cm³/mol. The van der Waals surface area contributed by atoms with Crippen LogP contribution < -0.4 is 16.8 Å². The average Bonchev–Trinajstić information content (AvgIpc) is 2.47. The molecule has 0 radical (unpaired) electrons. The fraction of sp³-hybridized carbons (Fsp3) is 0.750. The molecule has 0 aliphatic carbocycles. The molecule has 1 rings (SSSR count). The molecular weight excluding hydrogens is 227 g/mol. The van der Waals surface area contributed by atoms with Gasteiger partial charge in [0.1, 0.15) is 6.04 Å². The second-order valence-corrected chi connectivity index (χ2v) is 3.78. The monoisotopic (exact) mass is 239 g/mol. The van der Waals surface area contributed by atoms with Crippen LogP contribution in [-0.4, -0.2) is 30.1 Å². The lowest BCUT2D eigenvalue weighted by molar-refractivity contribution is -0.154. The van der Waals surface area contributed by atoms with Crippen molar-refractivity contribution in [2.75, 3.05) is 0 Å². The van der Waals surface area contributed by atoms with E-state index in [0.29, 0.717) is 0 Å². The van der Waals surface area contributed by atoms with Gasteiger partial charge in [-0.25, -0.2) is 0 Å². The van der Waals surface area contributed by atoms with Crippen LogP contribution in [-0.2, 0) is 9.59 Å². The number of nitrogens with two attached hydrogens (primary N) is 2. The van der Waals surface area contributed by atoms with Crippen LogP contribution in [0.3, 0.4) is 0 Å². The smallest absolute Gasteiger partial charge is 0.368 e. The molecule has 0 bridgehead atoms. The molecule has 3 atom stereocenters. The summed E-state index contributed by atoms with van der Waals surface area (Å²) in [6.07, 6.45) is -5.03. The first-order valence-corrected chi connectivity index (χ1v) is 4.63. The van der Waals surface area contributed by atoms with E-state index < -0.39 is 42.4 Å². The molecule has 0 aromatic carbocycles. The fourth-order valence-electron chi connectivity index (χ4n) is 1.58. The van der Waals surface area contributed by atoms with Crippen molar-refractivity contribution in [1.82, 2.24) is 5.32 Å². The summed E-state index contributed by atoms with van der Waals surface area (Å²) in [4.78, 5) is 21.8. The molecule has 1 saturated heterocycles. The predicted octanol–water partition coefficient (Wildman–Crippen LogP) is -0.744. The average molecular weight is 239 g/mol. The molecule has 1 unspecified atom stereocenters. The lowest BCUT2D eigenvalue weighted by Crippen LogP contribution is -2.39. The summed E-state index contributed by atoms with van der Waals surface area (Å²) < 4.78 is 36.8. The van der Waals surface area contributed by atoms with Crippen molar-refractivity contribution >= 4 is 11.8 Å². The van der Waals surface area contributed by atoms with E-state index in [4.69, 9.17) is 11.5 Å². The van der Waals surface area contributed by atoms with Gasteiger partial charge in [-0.1, -0.05) is 0 Å². The second-order valence-electron chi connectivity index (χ2n) is 3.78. The maximum absolute atomic E-state index is 12.3. The number of carbonyl (C=O) groups is 2. The van der Waals surface area contributed by atoms with Crippen LogP contribution in [0.4, 0.5) is 13.2 Å². The first-order valence-electron chi connectivity index (χ1n) is 4.63. The number of rotatable bonds is 3. The largest absolute Gasteiger partial charge is 0.408 e. The molecule has 0 aromatic heterocycles. The summed E-state index contributed by atoms with van der Waals surface area (Å²) in [6.45, 7) is 0. The molecule has 0 spiro atoms. The fourth-order valence-corrected chi connectivity index (χ4v) is 1.58. The Bertz CT molecular complexity index is 305. The molecule has 0 saturated carbocycles. The second kappa shape index (κ2) is 4.28. The molecule has 16 heavy (non-hydrogen) atoms. The quantitative estimate of drug-likeness (QED) is 0.604. The van der Waals surface area contributed by atoms with Crippen molar-refractivity contribution in [3.05, 3.63) is 0 Å². The van der Waals surface area contributed by atoms with Gasteiger partial charge in [-0.2, -0.15) is 13.2 Å². The molecule has 1 aliphatic rings. The van der Waals surface area contributed by atoms with Crippen LogP contribution in [0.25, 0.3) is 0 Å². The molecular formula is C8H12F3N3O2. The van der Waals surface area contributed by atoms with Crippen LogP contribution >= 0.6 is 0 Å². The number of hydrogen-bond donors (Lipinski definition) is 3. The number of halogens is 3. The molecule has 5 nitrogen and oxygen atoms in total. The van der Waals surface area contributed by atoms with Crippen molar-refractivity contribution in [2.24, 2.45) is 17.4 Å². The topological polar surface area (TPSA) is 98.2 Å². The Kier molecular flexibility index (Phi) is 3.41. The zero-order valence-corrected chi connectivity index (χ0v) is 8.25. The maximum atomic E-state index is 12.3. The molecule has 1 aliphatic heterocycles. The highest BCUT2D eigenvalue weighted by Gasteiger charge is 2.48. The minimum Gasteiger partial charge on any atom is -0.368 e. The van der Waals surface area contributed by atoms with Gasteiger partial charge < -0.3 is 16.8 Å². The molecule has 92 valence electrons. The first kappa shape index (κ1) is 12.8. The Hall–Kier alpha value is -1.31. The van der Waals surface area contributed by atoms with Gasteiger partial charge in [-0.05, 0) is 12.8 Å². The summed E-state index contributed by atoms with van der Waals surface area (Å²) in [7, 11) is 0. The highest BCUT2D eigenvalue weighted by Crippen LogP contribution is 2.31. The van der Waals surface area contributed by atoms with Crippen LogP contribution in [0, 0.1) is 5.92 Å². The summed E-state index contributed by atoms with van der Waals surface area (Å²) in [6, 6.07) is -2.95. The summed E-state index contributed by atoms with van der Waals surface area (Å²) in [5.74, 6) is -2.48. The Balaban J connectivity index is 2.59. The van der Waals surface area contributed by atoms with Gasteiger partial charge in [0.25, 0.3) is 0 Å².